The number of hydrogen-bond donors (Lipinski definition) is 0. The van der Waals surface area contributed by atoms with E-state index in [0.29, 0.717) is 30.3 Å². The molecule has 0 N–H and O–H groups in total. The van der Waals surface area contributed by atoms with Crippen molar-refractivity contribution in [2.45, 2.75) is 6.61 Å². The number of benzene rings is 2. The largest absolute Gasteiger partial charge is 0.486 e. The fourth-order valence-electron chi connectivity index (χ4n) is 2.06. The lowest BCUT2D eigenvalue weighted by Crippen LogP contribution is -2.16. The third-order valence-electron chi connectivity index (χ3n) is 3.16. The highest BCUT2D eigenvalue weighted by molar-refractivity contribution is 9.10. The Morgan fingerprint density at radius 1 is 1.18 bits per heavy atom. The highest BCUT2D eigenvalue weighted by Gasteiger charge is 2.17. The van der Waals surface area contributed by atoms with Crippen LogP contribution in [0.3, 0.4) is 0 Å². The molecule has 6 heteroatoms. The molecule has 0 radical (unpaired) electrons. The van der Waals surface area contributed by atoms with Gasteiger partial charge in [0.1, 0.15) is 25.6 Å². The van der Waals surface area contributed by atoms with Crippen molar-refractivity contribution in [2.24, 2.45) is 0 Å². The van der Waals surface area contributed by atoms with Crippen LogP contribution in [0, 0.1) is 5.82 Å². The molecule has 22 heavy (non-hydrogen) atoms. The molecule has 3 rings (SSSR count). The van der Waals surface area contributed by atoms with Gasteiger partial charge in [-0.3, -0.25) is 0 Å². The summed E-state index contributed by atoms with van der Waals surface area (Å²) in [5.74, 6) is -0.0673. The van der Waals surface area contributed by atoms with Crippen molar-refractivity contribution >= 4 is 21.9 Å². The second-order valence-corrected chi connectivity index (χ2v) is 5.50. The summed E-state index contributed by atoms with van der Waals surface area (Å²) in [5.41, 5.74) is 0.630. The molecule has 0 aromatic heterocycles. The van der Waals surface area contributed by atoms with Crippen LogP contribution in [0.15, 0.2) is 40.9 Å². The van der Waals surface area contributed by atoms with Crippen molar-refractivity contribution in [3.8, 4) is 11.5 Å². The number of rotatable bonds is 3. The fourth-order valence-corrected chi connectivity index (χ4v) is 2.50. The summed E-state index contributed by atoms with van der Waals surface area (Å²) in [4.78, 5) is 11.9. The third-order valence-corrected chi connectivity index (χ3v) is 3.90. The predicted molar refractivity (Wildman–Crippen MR) is 80.7 cm³/mol. The van der Waals surface area contributed by atoms with E-state index in [1.165, 1.54) is 18.2 Å². The molecule has 0 saturated heterocycles. The molecule has 1 aliphatic rings. The normalized spacial score (nSPS) is 12.8. The Labute approximate surface area is 134 Å². The number of ether oxygens (including phenoxy) is 3. The average molecular weight is 367 g/mol. The minimum absolute atomic E-state index is 0.00436. The van der Waals surface area contributed by atoms with Gasteiger partial charge in [0.25, 0.3) is 0 Å². The van der Waals surface area contributed by atoms with Crippen LogP contribution >= 0.6 is 15.9 Å². The second kappa shape index (κ2) is 6.36. The van der Waals surface area contributed by atoms with E-state index in [9.17, 15) is 9.18 Å². The van der Waals surface area contributed by atoms with E-state index in [2.05, 4.69) is 15.9 Å². The molecule has 4 nitrogen and oxygen atoms in total. The molecular formula is C16H12BrFO4. The van der Waals surface area contributed by atoms with Gasteiger partial charge in [0, 0.05) is 10.0 Å². The first kappa shape index (κ1) is 14.8. The lowest BCUT2D eigenvalue weighted by Gasteiger charge is -2.19. The highest BCUT2D eigenvalue weighted by Crippen LogP contribution is 2.35. The number of halogens is 2. The molecule has 114 valence electrons. The van der Waals surface area contributed by atoms with Crippen LogP contribution in [0.5, 0.6) is 11.5 Å². The molecule has 0 unspecified atom stereocenters. The first-order valence-electron chi connectivity index (χ1n) is 6.65. The van der Waals surface area contributed by atoms with Gasteiger partial charge in [-0.2, -0.15) is 0 Å². The zero-order chi connectivity index (χ0) is 15.5. The highest BCUT2D eigenvalue weighted by atomic mass is 79.9. The van der Waals surface area contributed by atoms with Crippen LogP contribution in [0.25, 0.3) is 0 Å². The molecular weight excluding hydrogens is 355 g/mol. The van der Waals surface area contributed by atoms with Gasteiger partial charge in [0.05, 0.1) is 5.56 Å². The summed E-state index contributed by atoms with van der Waals surface area (Å²) in [6.07, 6.45) is 0. The van der Waals surface area contributed by atoms with Crippen LogP contribution in [0.1, 0.15) is 15.9 Å². The molecule has 0 fully saturated rings. The quantitative estimate of drug-likeness (QED) is 0.776. The molecule has 1 heterocycles. The monoisotopic (exact) mass is 366 g/mol. The maximum atomic E-state index is 13.5. The first-order valence-corrected chi connectivity index (χ1v) is 7.44. The van der Waals surface area contributed by atoms with E-state index in [0.717, 1.165) is 4.47 Å². The Balaban J connectivity index is 1.74. The van der Waals surface area contributed by atoms with Crippen LogP contribution in [0.2, 0.25) is 0 Å². The van der Waals surface area contributed by atoms with E-state index >= 15 is 0 Å². The van der Waals surface area contributed by atoms with E-state index in [1.807, 2.05) is 0 Å². The molecule has 0 saturated carbocycles. The molecule has 0 spiro atoms. The Bertz CT molecular complexity index is 717. The average Bonchev–Trinajstić information content (AvgIpc) is 2.53. The number of hydrogen-bond acceptors (Lipinski definition) is 4. The van der Waals surface area contributed by atoms with Crippen LogP contribution < -0.4 is 9.47 Å². The SMILES string of the molecule is O=C(OCc1cc2c(cc1Br)OCCO2)c1ccccc1F. The standard InChI is InChI=1S/C16H12BrFO4/c17-12-8-15-14(20-5-6-21-15)7-10(12)9-22-16(19)11-3-1-2-4-13(11)18/h1-4,7-8H,5-6,9H2. The summed E-state index contributed by atoms with van der Waals surface area (Å²) < 4.78 is 30.4. The molecule has 0 atom stereocenters. The van der Waals surface area contributed by atoms with Crippen LogP contribution in [-0.4, -0.2) is 19.2 Å². The summed E-state index contributed by atoms with van der Waals surface area (Å²) >= 11 is 3.40. The van der Waals surface area contributed by atoms with E-state index in [4.69, 9.17) is 14.2 Å². The minimum Gasteiger partial charge on any atom is -0.486 e. The van der Waals surface area contributed by atoms with Crippen LogP contribution in [-0.2, 0) is 11.3 Å². The second-order valence-electron chi connectivity index (χ2n) is 4.64. The van der Waals surface area contributed by atoms with Gasteiger partial charge in [-0.1, -0.05) is 28.1 Å². The van der Waals surface area contributed by atoms with Gasteiger partial charge in [-0.05, 0) is 24.3 Å². The zero-order valence-electron chi connectivity index (χ0n) is 11.5. The van der Waals surface area contributed by atoms with E-state index in [-0.39, 0.29) is 12.2 Å². The molecule has 0 amide bonds. The Morgan fingerprint density at radius 2 is 1.86 bits per heavy atom. The third kappa shape index (κ3) is 3.06. The van der Waals surface area contributed by atoms with E-state index in [1.54, 1.807) is 18.2 Å². The molecule has 2 aromatic rings. The minimum atomic E-state index is -0.708. The van der Waals surface area contributed by atoms with Crippen molar-refractivity contribution in [1.82, 2.24) is 0 Å². The number of carbonyl (C=O) groups is 1. The first-order chi connectivity index (χ1) is 10.6. The van der Waals surface area contributed by atoms with Crippen molar-refractivity contribution in [3.63, 3.8) is 0 Å². The molecule has 0 bridgehead atoms. The van der Waals surface area contributed by atoms with Gasteiger partial charge in [-0.15, -0.1) is 0 Å². The lowest BCUT2D eigenvalue weighted by molar-refractivity contribution is 0.0466. The fraction of sp³-hybridized carbons (Fsp3) is 0.188. The lowest BCUT2D eigenvalue weighted by atomic mass is 10.2. The summed E-state index contributed by atoms with van der Waals surface area (Å²) in [5, 5.41) is 0. The van der Waals surface area contributed by atoms with Gasteiger partial charge in [0.15, 0.2) is 11.5 Å². The molecule has 1 aliphatic heterocycles. The molecule has 2 aromatic carbocycles. The van der Waals surface area contributed by atoms with Crippen molar-refractivity contribution in [3.05, 3.63) is 57.8 Å². The molecule has 0 aliphatic carbocycles. The van der Waals surface area contributed by atoms with Crippen molar-refractivity contribution in [1.29, 1.82) is 0 Å². The maximum Gasteiger partial charge on any atom is 0.341 e. The van der Waals surface area contributed by atoms with Gasteiger partial charge < -0.3 is 14.2 Å². The number of carbonyl (C=O) groups excluding carboxylic acids is 1. The number of esters is 1. The Hall–Kier alpha value is -2.08. The van der Waals surface area contributed by atoms with Crippen LogP contribution in [0.4, 0.5) is 4.39 Å². The van der Waals surface area contributed by atoms with Gasteiger partial charge in [-0.25, -0.2) is 9.18 Å². The smallest absolute Gasteiger partial charge is 0.341 e. The van der Waals surface area contributed by atoms with Gasteiger partial charge >= 0.3 is 5.97 Å². The Kier molecular flexibility index (Phi) is 4.29. The van der Waals surface area contributed by atoms with Crippen molar-refractivity contribution in [2.75, 3.05) is 13.2 Å². The van der Waals surface area contributed by atoms with Gasteiger partial charge in [0.2, 0.25) is 0 Å². The Morgan fingerprint density at radius 3 is 2.59 bits per heavy atom. The topological polar surface area (TPSA) is 44.8 Å². The summed E-state index contributed by atoms with van der Waals surface area (Å²) in [6.45, 7) is 0.981. The predicted octanol–water partition coefficient (Wildman–Crippen LogP) is 3.72. The number of fused-ring (bicyclic) bond motifs is 1. The van der Waals surface area contributed by atoms with E-state index < -0.39 is 11.8 Å². The summed E-state index contributed by atoms with van der Waals surface area (Å²) in [7, 11) is 0. The zero-order valence-corrected chi connectivity index (χ0v) is 13.1. The van der Waals surface area contributed by atoms with Crippen molar-refractivity contribution < 1.29 is 23.4 Å². The maximum absolute atomic E-state index is 13.5. The summed E-state index contributed by atoms with van der Waals surface area (Å²) in [6, 6.07) is 9.21.